The van der Waals surface area contributed by atoms with E-state index in [2.05, 4.69) is 10.4 Å². The lowest BCUT2D eigenvalue weighted by Crippen LogP contribution is -2.29. The van der Waals surface area contributed by atoms with Crippen molar-refractivity contribution in [1.29, 1.82) is 0 Å². The SMILES string of the molecule is CCc1nn(C)cc1C(=O)NCC(O)c1c(Cl)cccc1Cl. The number of carbonyl (C=O) groups excluding carboxylic acids is 1. The van der Waals surface area contributed by atoms with Gasteiger partial charge in [-0.1, -0.05) is 36.2 Å². The van der Waals surface area contributed by atoms with Gasteiger partial charge in [0.05, 0.1) is 17.4 Å². The zero-order valence-electron chi connectivity index (χ0n) is 12.3. The number of aromatic nitrogens is 2. The quantitative estimate of drug-likeness (QED) is 0.878. The van der Waals surface area contributed by atoms with Gasteiger partial charge in [0.2, 0.25) is 0 Å². The molecule has 2 rings (SSSR count). The first-order valence-corrected chi connectivity index (χ1v) is 7.62. The van der Waals surface area contributed by atoms with Gasteiger partial charge < -0.3 is 10.4 Å². The van der Waals surface area contributed by atoms with Gasteiger partial charge >= 0.3 is 0 Å². The predicted molar refractivity (Wildman–Crippen MR) is 86.3 cm³/mol. The molecule has 7 heteroatoms. The van der Waals surface area contributed by atoms with Gasteiger partial charge in [0, 0.05) is 35.4 Å². The highest BCUT2D eigenvalue weighted by Gasteiger charge is 2.19. The topological polar surface area (TPSA) is 67.2 Å². The molecule has 118 valence electrons. The summed E-state index contributed by atoms with van der Waals surface area (Å²) in [6, 6.07) is 4.98. The first-order valence-electron chi connectivity index (χ1n) is 6.86. The van der Waals surface area contributed by atoms with Crippen LogP contribution in [0, 0.1) is 0 Å². The molecular formula is C15H17Cl2N3O2. The van der Waals surface area contributed by atoms with Crippen LogP contribution in [0.25, 0.3) is 0 Å². The van der Waals surface area contributed by atoms with Crippen LogP contribution in [0.2, 0.25) is 10.0 Å². The Kier molecular flexibility index (Phi) is 5.45. The Hall–Kier alpha value is -1.56. The van der Waals surface area contributed by atoms with E-state index in [1.165, 1.54) is 0 Å². The lowest BCUT2D eigenvalue weighted by molar-refractivity contribution is 0.0915. The van der Waals surface area contributed by atoms with Crippen molar-refractivity contribution in [3.63, 3.8) is 0 Å². The molecule has 0 spiro atoms. The van der Waals surface area contributed by atoms with E-state index in [0.717, 1.165) is 0 Å². The second kappa shape index (κ2) is 7.13. The number of aliphatic hydroxyl groups excluding tert-OH is 1. The first-order chi connectivity index (χ1) is 10.4. The van der Waals surface area contributed by atoms with Gasteiger partial charge in [0.25, 0.3) is 5.91 Å². The van der Waals surface area contributed by atoms with E-state index < -0.39 is 6.10 Å². The van der Waals surface area contributed by atoms with E-state index in [9.17, 15) is 9.90 Å². The maximum absolute atomic E-state index is 12.2. The van der Waals surface area contributed by atoms with Crippen molar-refractivity contribution in [3.8, 4) is 0 Å². The highest BCUT2D eigenvalue weighted by atomic mass is 35.5. The molecule has 2 N–H and O–H groups in total. The number of benzene rings is 1. The standard InChI is InChI=1S/C15H17Cl2N3O2/c1-3-12-9(8-20(2)19-12)15(22)18-7-13(21)14-10(16)5-4-6-11(14)17/h4-6,8,13,21H,3,7H2,1-2H3,(H,18,22). The molecular weight excluding hydrogens is 325 g/mol. The number of carbonyl (C=O) groups is 1. The van der Waals surface area contributed by atoms with E-state index >= 15 is 0 Å². The van der Waals surface area contributed by atoms with Crippen LogP contribution in [-0.4, -0.2) is 27.3 Å². The third-order valence-corrected chi connectivity index (χ3v) is 3.93. The summed E-state index contributed by atoms with van der Waals surface area (Å²) < 4.78 is 1.59. The van der Waals surface area contributed by atoms with Crippen LogP contribution in [0.15, 0.2) is 24.4 Å². The molecule has 2 aromatic rings. The average molecular weight is 342 g/mol. The van der Waals surface area contributed by atoms with E-state index in [1.54, 1.807) is 36.1 Å². The van der Waals surface area contributed by atoms with Crippen molar-refractivity contribution in [1.82, 2.24) is 15.1 Å². The van der Waals surface area contributed by atoms with Gasteiger partial charge in [0.15, 0.2) is 0 Å². The highest BCUT2D eigenvalue weighted by molar-refractivity contribution is 6.36. The van der Waals surface area contributed by atoms with E-state index in [1.807, 2.05) is 6.92 Å². The molecule has 0 radical (unpaired) electrons. The van der Waals surface area contributed by atoms with E-state index in [0.29, 0.717) is 33.3 Å². The van der Waals surface area contributed by atoms with E-state index in [-0.39, 0.29) is 12.5 Å². The Balaban J connectivity index is 2.07. The largest absolute Gasteiger partial charge is 0.386 e. The molecule has 1 aromatic carbocycles. The number of halogens is 2. The summed E-state index contributed by atoms with van der Waals surface area (Å²) in [7, 11) is 1.76. The molecule has 0 aliphatic rings. The van der Waals surface area contributed by atoms with Crippen molar-refractivity contribution in [2.45, 2.75) is 19.4 Å². The Morgan fingerprint density at radius 1 is 1.41 bits per heavy atom. The molecule has 1 atom stereocenters. The van der Waals surface area contributed by atoms with Crippen molar-refractivity contribution < 1.29 is 9.90 Å². The molecule has 1 heterocycles. The van der Waals surface area contributed by atoms with Crippen LogP contribution in [-0.2, 0) is 13.5 Å². The minimum atomic E-state index is -0.980. The number of aryl methyl sites for hydroxylation is 2. The zero-order valence-corrected chi connectivity index (χ0v) is 13.8. The number of hydrogen-bond donors (Lipinski definition) is 2. The number of nitrogens with zero attached hydrogens (tertiary/aromatic N) is 2. The Morgan fingerprint density at radius 2 is 2.05 bits per heavy atom. The fraction of sp³-hybridized carbons (Fsp3) is 0.333. The summed E-state index contributed by atoms with van der Waals surface area (Å²) in [6.45, 7) is 1.94. The fourth-order valence-electron chi connectivity index (χ4n) is 2.20. The van der Waals surface area contributed by atoms with Gasteiger partial charge in [0.1, 0.15) is 0 Å². The molecule has 22 heavy (non-hydrogen) atoms. The van der Waals surface area contributed by atoms with Gasteiger partial charge in [-0.3, -0.25) is 9.48 Å². The summed E-state index contributed by atoms with van der Waals surface area (Å²) in [5, 5.41) is 17.8. The summed E-state index contributed by atoms with van der Waals surface area (Å²) in [4.78, 5) is 12.2. The smallest absolute Gasteiger partial charge is 0.254 e. The van der Waals surface area contributed by atoms with Crippen LogP contribution in [0.4, 0.5) is 0 Å². The zero-order chi connectivity index (χ0) is 16.3. The summed E-state index contributed by atoms with van der Waals surface area (Å²) in [6.07, 6.45) is 1.33. The Labute approximate surface area is 138 Å². The summed E-state index contributed by atoms with van der Waals surface area (Å²) >= 11 is 12.1. The lowest BCUT2D eigenvalue weighted by atomic mass is 10.1. The van der Waals surface area contributed by atoms with Crippen molar-refractivity contribution in [2.75, 3.05) is 6.54 Å². The minimum absolute atomic E-state index is 0.0142. The molecule has 0 aliphatic carbocycles. The minimum Gasteiger partial charge on any atom is -0.386 e. The van der Waals surface area contributed by atoms with Crippen LogP contribution < -0.4 is 5.32 Å². The number of aliphatic hydroxyl groups is 1. The molecule has 0 aliphatic heterocycles. The molecule has 1 aromatic heterocycles. The third-order valence-electron chi connectivity index (χ3n) is 3.27. The van der Waals surface area contributed by atoms with E-state index in [4.69, 9.17) is 23.2 Å². The van der Waals surface area contributed by atoms with Crippen molar-refractivity contribution in [3.05, 3.63) is 51.3 Å². The normalized spacial score (nSPS) is 12.2. The van der Waals surface area contributed by atoms with Crippen molar-refractivity contribution >= 4 is 29.1 Å². The van der Waals surface area contributed by atoms with Crippen LogP contribution in [0.5, 0.6) is 0 Å². The Bertz CT molecular complexity index is 665. The Morgan fingerprint density at radius 3 is 2.64 bits per heavy atom. The summed E-state index contributed by atoms with van der Waals surface area (Å²) in [5.41, 5.74) is 1.63. The maximum atomic E-state index is 12.2. The van der Waals surface area contributed by atoms with Crippen LogP contribution in [0.3, 0.4) is 0 Å². The monoisotopic (exact) mass is 341 g/mol. The number of amides is 1. The second-order valence-corrected chi connectivity index (χ2v) is 5.69. The number of hydrogen-bond acceptors (Lipinski definition) is 3. The molecule has 1 amide bonds. The molecule has 5 nitrogen and oxygen atoms in total. The number of rotatable bonds is 5. The maximum Gasteiger partial charge on any atom is 0.254 e. The molecule has 0 saturated heterocycles. The van der Waals surface area contributed by atoms with Gasteiger partial charge in [-0.25, -0.2) is 0 Å². The lowest BCUT2D eigenvalue weighted by Gasteiger charge is -2.15. The number of nitrogens with one attached hydrogen (secondary N) is 1. The predicted octanol–water partition coefficient (Wildman–Crippen LogP) is 2.75. The highest BCUT2D eigenvalue weighted by Crippen LogP contribution is 2.29. The molecule has 0 saturated carbocycles. The second-order valence-electron chi connectivity index (χ2n) is 4.88. The summed E-state index contributed by atoms with van der Waals surface area (Å²) in [5.74, 6) is -0.285. The third kappa shape index (κ3) is 3.61. The average Bonchev–Trinajstić information content (AvgIpc) is 2.85. The fourth-order valence-corrected chi connectivity index (χ4v) is 2.85. The van der Waals surface area contributed by atoms with Crippen LogP contribution in [0.1, 0.15) is 34.6 Å². The first kappa shape index (κ1) is 16.8. The van der Waals surface area contributed by atoms with Crippen LogP contribution >= 0.6 is 23.2 Å². The molecule has 0 fully saturated rings. The van der Waals surface area contributed by atoms with Crippen molar-refractivity contribution in [2.24, 2.45) is 7.05 Å². The van der Waals surface area contributed by atoms with Gasteiger partial charge in [-0.05, 0) is 18.6 Å². The molecule has 0 bridgehead atoms. The van der Waals surface area contributed by atoms with Gasteiger partial charge in [-0.15, -0.1) is 0 Å². The van der Waals surface area contributed by atoms with Gasteiger partial charge in [-0.2, -0.15) is 5.10 Å². The molecule has 1 unspecified atom stereocenters.